The van der Waals surface area contributed by atoms with Crippen LogP contribution in [0.4, 0.5) is 0 Å². The highest BCUT2D eigenvalue weighted by atomic mass is 35.5. The summed E-state index contributed by atoms with van der Waals surface area (Å²) in [6.45, 7) is 5.99. The number of nitrogens with one attached hydrogen (secondary N) is 1. The van der Waals surface area contributed by atoms with Gasteiger partial charge in [-0.1, -0.05) is 35.3 Å². The highest BCUT2D eigenvalue weighted by Crippen LogP contribution is 2.23. The molecular formula is C26H33Cl2N3O2. The lowest BCUT2D eigenvalue weighted by molar-refractivity contribution is 0.0909. The maximum Gasteiger partial charge on any atom is 0.251 e. The van der Waals surface area contributed by atoms with Crippen molar-refractivity contribution in [2.45, 2.75) is 38.3 Å². The minimum Gasteiger partial charge on any atom is -0.493 e. The van der Waals surface area contributed by atoms with Crippen molar-refractivity contribution in [2.75, 3.05) is 39.8 Å². The fourth-order valence-electron chi connectivity index (χ4n) is 4.53. The molecule has 0 spiro atoms. The van der Waals surface area contributed by atoms with Gasteiger partial charge in [-0.3, -0.25) is 9.69 Å². The number of rotatable bonds is 7. The molecule has 1 N–H and O–H groups in total. The molecule has 33 heavy (non-hydrogen) atoms. The third-order valence-electron chi connectivity index (χ3n) is 6.76. The van der Waals surface area contributed by atoms with Crippen LogP contribution in [0.3, 0.4) is 0 Å². The van der Waals surface area contributed by atoms with Crippen LogP contribution in [-0.4, -0.2) is 61.6 Å². The van der Waals surface area contributed by atoms with Crippen LogP contribution in [0.1, 0.15) is 41.6 Å². The highest BCUT2D eigenvalue weighted by Gasteiger charge is 2.22. The number of carbonyl (C=O) groups excluding carboxylic acids is 1. The molecule has 0 saturated carbocycles. The Bertz CT molecular complexity index is 922. The van der Waals surface area contributed by atoms with Gasteiger partial charge in [-0.2, -0.15) is 0 Å². The maximum absolute atomic E-state index is 12.5. The minimum atomic E-state index is -0.0946. The standard InChI is InChI=1S/C26H33Cl2N3O2/c1-30-12-8-20(9-13-30)18-33-23-5-2-19(3-6-23)17-31-14-10-22(11-15-31)29-26(32)21-4-7-24(27)25(28)16-21/h2-7,16,20,22H,8-15,17-18H2,1H3,(H,29,32). The summed E-state index contributed by atoms with van der Waals surface area (Å²) in [4.78, 5) is 17.3. The number of amides is 1. The summed E-state index contributed by atoms with van der Waals surface area (Å²) < 4.78 is 6.04. The number of ether oxygens (including phenoxy) is 1. The average Bonchev–Trinajstić information content (AvgIpc) is 2.82. The van der Waals surface area contributed by atoms with Gasteiger partial charge in [0.25, 0.3) is 5.91 Å². The molecule has 2 aliphatic heterocycles. The van der Waals surface area contributed by atoms with E-state index in [9.17, 15) is 4.79 Å². The average molecular weight is 490 g/mol. The predicted molar refractivity (Wildman–Crippen MR) is 134 cm³/mol. The first-order valence-corrected chi connectivity index (χ1v) is 12.6. The molecule has 0 unspecified atom stereocenters. The van der Waals surface area contributed by atoms with Crippen LogP contribution in [-0.2, 0) is 6.54 Å². The molecule has 4 rings (SSSR count). The van der Waals surface area contributed by atoms with Gasteiger partial charge in [-0.15, -0.1) is 0 Å². The van der Waals surface area contributed by atoms with Gasteiger partial charge in [0, 0.05) is 31.2 Å². The molecule has 0 atom stereocenters. The van der Waals surface area contributed by atoms with Crippen LogP contribution >= 0.6 is 23.2 Å². The SMILES string of the molecule is CN1CCC(COc2ccc(CN3CCC(NC(=O)c4ccc(Cl)c(Cl)c4)CC3)cc2)CC1. The second-order valence-corrected chi connectivity index (χ2v) is 10.2. The number of hydrogen-bond donors (Lipinski definition) is 1. The predicted octanol–water partition coefficient (Wildman–Crippen LogP) is 5.11. The number of benzene rings is 2. The van der Waals surface area contributed by atoms with E-state index < -0.39 is 0 Å². The first kappa shape index (κ1) is 24.3. The number of piperidine rings is 2. The third kappa shape index (κ3) is 7.10. The number of nitrogens with zero attached hydrogens (tertiary/aromatic N) is 2. The molecule has 0 aromatic heterocycles. The summed E-state index contributed by atoms with van der Waals surface area (Å²) in [5, 5.41) is 3.99. The lowest BCUT2D eigenvalue weighted by Gasteiger charge is -2.32. The van der Waals surface area contributed by atoms with E-state index in [0.717, 1.165) is 44.8 Å². The lowest BCUT2D eigenvalue weighted by Crippen LogP contribution is -2.44. The molecule has 2 saturated heterocycles. The van der Waals surface area contributed by atoms with Crippen LogP contribution in [0.2, 0.25) is 10.0 Å². The monoisotopic (exact) mass is 489 g/mol. The van der Waals surface area contributed by atoms with Gasteiger partial charge in [-0.05, 0) is 87.6 Å². The van der Waals surface area contributed by atoms with Crippen LogP contribution in [0.25, 0.3) is 0 Å². The molecule has 5 nitrogen and oxygen atoms in total. The first-order valence-electron chi connectivity index (χ1n) is 11.8. The molecule has 0 bridgehead atoms. The largest absolute Gasteiger partial charge is 0.493 e. The van der Waals surface area contributed by atoms with Crippen LogP contribution < -0.4 is 10.1 Å². The molecule has 1 amide bonds. The van der Waals surface area contributed by atoms with Crippen molar-refractivity contribution < 1.29 is 9.53 Å². The van der Waals surface area contributed by atoms with Gasteiger partial charge in [0.1, 0.15) is 5.75 Å². The molecule has 178 valence electrons. The molecule has 2 heterocycles. The number of hydrogen-bond acceptors (Lipinski definition) is 4. The van der Waals surface area contributed by atoms with Crippen molar-refractivity contribution in [3.8, 4) is 5.75 Å². The summed E-state index contributed by atoms with van der Waals surface area (Å²) in [5.41, 5.74) is 1.84. The maximum atomic E-state index is 12.5. The number of likely N-dealkylation sites (tertiary alicyclic amines) is 2. The summed E-state index contributed by atoms with van der Waals surface area (Å²) in [5.74, 6) is 1.53. The van der Waals surface area contributed by atoms with Crippen molar-refractivity contribution in [1.29, 1.82) is 0 Å². The normalized spacial score (nSPS) is 18.9. The summed E-state index contributed by atoms with van der Waals surface area (Å²) in [7, 11) is 2.19. The first-order chi connectivity index (χ1) is 16.0. The smallest absolute Gasteiger partial charge is 0.251 e. The Balaban J connectivity index is 1.18. The van der Waals surface area contributed by atoms with Gasteiger partial charge in [0.2, 0.25) is 0 Å². The van der Waals surface area contributed by atoms with E-state index >= 15 is 0 Å². The van der Waals surface area contributed by atoms with Gasteiger partial charge in [0.05, 0.1) is 16.7 Å². The fraction of sp³-hybridized carbons (Fsp3) is 0.500. The van der Waals surface area contributed by atoms with Crippen molar-refractivity contribution >= 4 is 29.1 Å². The van der Waals surface area contributed by atoms with E-state index in [1.165, 1.54) is 31.5 Å². The van der Waals surface area contributed by atoms with Gasteiger partial charge >= 0.3 is 0 Å². The van der Waals surface area contributed by atoms with Gasteiger partial charge in [-0.25, -0.2) is 0 Å². The Morgan fingerprint density at radius 1 is 0.970 bits per heavy atom. The summed E-state index contributed by atoms with van der Waals surface area (Å²) >= 11 is 12.0. The quantitative estimate of drug-likeness (QED) is 0.586. The Morgan fingerprint density at radius 2 is 1.67 bits per heavy atom. The Morgan fingerprint density at radius 3 is 2.33 bits per heavy atom. The Kier molecular flexibility index (Phi) is 8.53. The molecule has 0 radical (unpaired) electrons. The van der Waals surface area contributed by atoms with Gasteiger partial charge < -0.3 is 15.0 Å². The summed E-state index contributed by atoms with van der Waals surface area (Å²) in [6.07, 6.45) is 4.31. The van der Waals surface area contributed by atoms with Crippen molar-refractivity contribution in [3.05, 3.63) is 63.6 Å². The molecule has 0 aliphatic carbocycles. The fourth-order valence-corrected chi connectivity index (χ4v) is 4.83. The Labute approximate surface area is 207 Å². The van der Waals surface area contributed by atoms with Crippen molar-refractivity contribution in [1.82, 2.24) is 15.1 Å². The molecule has 2 aliphatic rings. The van der Waals surface area contributed by atoms with Gasteiger partial charge in [0.15, 0.2) is 0 Å². The van der Waals surface area contributed by atoms with E-state index in [1.54, 1.807) is 18.2 Å². The van der Waals surface area contributed by atoms with E-state index in [4.69, 9.17) is 27.9 Å². The lowest BCUT2D eigenvalue weighted by atomic mass is 9.98. The molecular weight excluding hydrogens is 457 g/mol. The van der Waals surface area contributed by atoms with Crippen molar-refractivity contribution in [3.63, 3.8) is 0 Å². The Hall–Kier alpha value is -1.79. The second kappa shape index (κ2) is 11.6. The molecule has 7 heteroatoms. The van der Waals surface area contributed by atoms with E-state index in [1.807, 2.05) is 0 Å². The van der Waals surface area contributed by atoms with Crippen molar-refractivity contribution in [2.24, 2.45) is 5.92 Å². The summed E-state index contributed by atoms with van der Waals surface area (Å²) in [6, 6.07) is 13.7. The minimum absolute atomic E-state index is 0.0946. The topological polar surface area (TPSA) is 44.8 Å². The zero-order chi connectivity index (χ0) is 23.2. The molecule has 2 aromatic carbocycles. The second-order valence-electron chi connectivity index (χ2n) is 9.35. The van der Waals surface area contributed by atoms with E-state index in [2.05, 4.69) is 46.4 Å². The van der Waals surface area contributed by atoms with Crippen LogP contribution in [0, 0.1) is 5.92 Å². The molecule has 2 aromatic rings. The van der Waals surface area contributed by atoms with Crippen LogP contribution in [0.5, 0.6) is 5.75 Å². The van der Waals surface area contributed by atoms with Crippen LogP contribution in [0.15, 0.2) is 42.5 Å². The van der Waals surface area contributed by atoms with E-state index in [-0.39, 0.29) is 11.9 Å². The zero-order valence-corrected chi connectivity index (χ0v) is 20.7. The van der Waals surface area contributed by atoms with E-state index in [0.29, 0.717) is 21.5 Å². The number of carbonyl (C=O) groups is 1. The zero-order valence-electron chi connectivity index (χ0n) is 19.2. The number of halogens is 2. The molecule has 2 fully saturated rings. The highest BCUT2D eigenvalue weighted by molar-refractivity contribution is 6.42. The third-order valence-corrected chi connectivity index (χ3v) is 7.50.